The van der Waals surface area contributed by atoms with Crippen molar-refractivity contribution in [1.82, 2.24) is 9.78 Å². The Bertz CT molecular complexity index is 216. The standard InChI is InChI=1S/C7H14N4/c1-6(2)4-11-5-7(10-8)3-9-11/h3,5-6,10H,4,8H2,1-2H3. The predicted octanol–water partition coefficient (Wildman–Crippen LogP) is 0.825. The van der Waals surface area contributed by atoms with E-state index in [1.165, 1.54) is 0 Å². The minimum atomic E-state index is 0.612. The molecule has 0 aliphatic heterocycles. The molecule has 0 unspecified atom stereocenters. The largest absolute Gasteiger partial charge is 0.321 e. The zero-order chi connectivity index (χ0) is 8.27. The van der Waals surface area contributed by atoms with Gasteiger partial charge in [-0.1, -0.05) is 13.8 Å². The lowest BCUT2D eigenvalue weighted by atomic mass is 10.2. The van der Waals surface area contributed by atoms with E-state index >= 15 is 0 Å². The first-order valence-corrected chi connectivity index (χ1v) is 3.71. The smallest absolute Gasteiger partial charge is 0.0868 e. The number of nitrogens with two attached hydrogens (primary N) is 1. The van der Waals surface area contributed by atoms with Crippen molar-refractivity contribution in [2.75, 3.05) is 5.43 Å². The molecule has 4 nitrogen and oxygen atoms in total. The van der Waals surface area contributed by atoms with E-state index in [4.69, 9.17) is 5.84 Å². The molecule has 11 heavy (non-hydrogen) atoms. The summed E-state index contributed by atoms with van der Waals surface area (Å²) in [6.07, 6.45) is 3.60. The molecular formula is C7H14N4. The normalized spacial score (nSPS) is 10.5. The van der Waals surface area contributed by atoms with Gasteiger partial charge in [0.25, 0.3) is 0 Å². The molecule has 0 amide bonds. The van der Waals surface area contributed by atoms with E-state index in [1.54, 1.807) is 6.20 Å². The number of aromatic nitrogens is 2. The molecule has 1 aromatic heterocycles. The molecule has 62 valence electrons. The van der Waals surface area contributed by atoms with Crippen LogP contribution in [-0.4, -0.2) is 9.78 Å². The van der Waals surface area contributed by atoms with Crippen molar-refractivity contribution in [3.05, 3.63) is 12.4 Å². The second kappa shape index (κ2) is 3.39. The third-order valence-electron chi connectivity index (χ3n) is 1.35. The lowest BCUT2D eigenvalue weighted by Crippen LogP contribution is -2.06. The molecule has 0 atom stereocenters. The highest BCUT2D eigenvalue weighted by atomic mass is 15.3. The Labute approximate surface area is 66.4 Å². The molecule has 1 heterocycles. The van der Waals surface area contributed by atoms with Gasteiger partial charge in [-0.2, -0.15) is 5.10 Å². The summed E-state index contributed by atoms with van der Waals surface area (Å²) in [6.45, 7) is 5.23. The van der Waals surface area contributed by atoms with Crippen LogP contribution in [0.4, 0.5) is 5.69 Å². The number of hydrogen-bond donors (Lipinski definition) is 2. The molecule has 4 heteroatoms. The summed E-state index contributed by atoms with van der Waals surface area (Å²) in [6, 6.07) is 0. The van der Waals surface area contributed by atoms with Crippen LogP contribution in [0.1, 0.15) is 13.8 Å². The predicted molar refractivity (Wildman–Crippen MR) is 44.9 cm³/mol. The maximum Gasteiger partial charge on any atom is 0.0868 e. The maximum atomic E-state index is 5.19. The third-order valence-corrected chi connectivity index (χ3v) is 1.35. The monoisotopic (exact) mass is 154 g/mol. The van der Waals surface area contributed by atoms with E-state index in [1.807, 2.05) is 10.9 Å². The first-order valence-electron chi connectivity index (χ1n) is 3.71. The first kappa shape index (κ1) is 8.07. The number of hydrogen-bond acceptors (Lipinski definition) is 3. The van der Waals surface area contributed by atoms with Crippen LogP contribution < -0.4 is 11.3 Å². The van der Waals surface area contributed by atoms with Gasteiger partial charge in [-0.3, -0.25) is 10.5 Å². The van der Waals surface area contributed by atoms with Gasteiger partial charge in [0.1, 0.15) is 0 Å². The molecule has 0 spiro atoms. The molecule has 0 saturated heterocycles. The zero-order valence-electron chi connectivity index (χ0n) is 6.91. The molecule has 0 radical (unpaired) electrons. The van der Waals surface area contributed by atoms with Crippen LogP contribution in [0.2, 0.25) is 0 Å². The fourth-order valence-electron chi connectivity index (χ4n) is 0.912. The van der Waals surface area contributed by atoms with Crippen LogP contribution in [0.5, 0.6) is 0 Å². The summed E-state index contributed by atoms with van der Waals surface area (Å²) in [5.74, 6) is 5.80. The van der Waals surface area contributed by atoms with Gasteiger partial charge in [0.15, 0.2) is 0 Å². The molecule has 0 aliphatic carbocycles. The number of nitrogens with one attached hydrogen (secondary N) is 1. The fraction of sp³-hybridized carbons (Fsp3) is 0.571. The highest BCUT2D eigenvalue weighted by molar-refractivity contribution is 5.35. The van der Waals surface area contributed by atoms with E-state index in [-0.39, 0.29) is 0 Å². The van der Waals surface area contributed by atoms with Crippen molar-refractivity contribution in [3.63, 3.8) is 0 Å². The van der Waals surface area contributed by atoms with Gasteiger partial charge in [-0.15, -0.1) is 0 Å². The third kappa shape index (κ3) is 2.23. The van der Waals surface area contributed by atoms with E-state index in [0.717, 1.165) is 12.2 Å². The molecule has 0 saturated carbocycles. The van der Waals surface area contributed by atoms with Gasteiger partial charge >= 0.3 is 0 Å². The summed E-state index contributed by atoms with van der Waals surface area (Å²) < 4.78 is 1.87. The second-order valence-corrected chi connectivity index (χ2v) is 2.99. The minimum absolute atomic E-state index is 0.612. The Morgan fingerprint density at radius 1 is 1.73 bits per heavy atom. The molecule has 1 rings (SSSR count). The van der Waals surface area contributed by atoms with Gasteiger partial charge in [-0.05, 0) is 5.92 Å². The van der Waals surface area contributed by atoms with Gasteiger partial charge in [0, 0.05) is 12.7 Å². The average Bonchev–Trinajstić information content (AvgIpc) is 2.34. The molecular weight excluding hydrogens is 140 g/mol. The Hall–Kier alpha value is -1.03. The van der Waals surface area contributed by atoms with E-state index in [2.05, 4.69) is 24.4 Å². The van der Waals surface area contributed by atoms with Gasteiger partial charge in [0.05, 0.1) is 11.9 Å². The summed E-state index contributed by atoms with van der Waals surface area (Å²) >= 11 is 0. The molecule has 1 aromatic rings. The second-order valence-electron chi connectivity index (χ2n) is 2.99. The number of anilines is 1. The van der Waals surface area contributed by atoms with Crippen LogP contribution in [0, 0.1) is 5.92 Å². The van der Waals surface area contributed by atoms with Gasteiger partial charge in [0.2, 0.25) is 0 Å². The average molecular weight is 154 g/mol. The highest BCUT2D eigenvalue weighted by Gasteiger charge is 1.98. The molecule has 0 fully saturated rings. The van der Waals surface area contributed by atoms with Crippen LogP contribution in [0.3, 0.4) is 0 Å². The van der Waals surface area contributed by atoms with Crippen LogP contribution in [0.25, 0.3) is 0 Å². The minimum Gasteiger partial charge on any atom is -0.321 e. The molecule has 0 bridgehead atoms. The van der Waals surface area contributed by atoms with E-state index in [9.17, 15) is 0 Å². The number of hydrazine groups is 1. The lowest BCUT2D eigenvalue weighted by Gasteiger charge is -2.02. The summed E-state index contributed by atoms with van der Waals surface area (Å²) in [7, 11) is 0. The van der Waals surface area contributed by atoms with Crippen molar-refractivity contribution in [3.8, 4) is 0 Å². The van der Waals surface area contributed by atoms with E-state index in [0.29, 0.717) is 5.92 Å². The number of nitrogens with zero attached hydrogens (tertiary/aromatic N) is 2. The highest BCUT2D eigenvalue weighted by Crippen LogP contribution is 2.04. The summed E-state index contributed by atoms with van der Waals surface area (Å²) in [4.78, 5) is 0. The lowest BCUT2D eigenvalue weighted by molar-refractivity contribution is 0.483. The van der Waals surface area contributed by atoms with Gasteiger partial charge in [-0.25, -0.2) is 0 Å². The van der Waals surface area contributed by atoms with E-state index < -0.39 is 0 Å². The number of nitrogen functional groups attached to an aromatic ring is 1. The van der Waals surface area contributed by atoms with Crippen molar-refractivity contribution in [1.29, 1.82) is 0 Å². The quantitative estimate of drug-likeness (QED) is 0.500. The SMILES string of the molecule is CC(C)Cn1cc(NN)cn1. The molecule has 0 aromatic carbocycles. The van der Waals surface area contributed by atoms with Crippen molar-refractivity contribution in [2.45, 2.75) is 20.4 Å². The van der Waals surface area contributed by atoms with Crippen molar-refractivity contribution < 1.29 is 0 Å². The number of rotatable bonds is 3. The Kier molecular flexibility index (Phi) is 2.48. The maximum absolute atomic E-state index is 5.19. The Balaban J connectivity index is 2.58. The summed E-state index contributed by atoms with van der Waals surface area (Å²) in [5, 5.41) is 4.10. The zero-order valence-corrected chi connectivity index (χ0v) is 6.91. The Morgan fingerprint density at radius 3 is 2.91 bits per heavy atom. The Morgan fingerprint density at radius 2 is 2.45 bits per heavy atom. The summed E-state index contributed by atoms with van der Waals surface area (Å²) in [5.41, 5.74) is 3.39. The molecule has 0 aliphatic rings. The molecule has 3 N–H and O–H groups in total. The van der Waals surface area contributed by atoms with Crippen molar-refractivity contribution >= 4 is 5.69 Å². The van der Waals surface area contributed by atoms with Gasteiger partial charge < -0.3 is 5.43 Å². The first-order chi connectivity index (χ1) is 5.22. The fourth-order valence-corrected chi connectivity index (χ4v) is 0.912. The van der Waals surface area contributed by atoms with Crippen molar-refractivity contribution in [2.24, 2.45) is 11.8 Å². The van der Waals surface area contributed by atoms with Crippen LogP contribution >= 0.6 is 0 Å². The van der Waals surface area contributed by atoms with Crippen LogP contribution in [0.15, 0.2) is 12.4 Å². The van der Waals surface area contributed by atoms with Crippen LogP contribution in [-0.2, 0) is 6.54 Å². The topological polar surface area (TPSA) is 55.9 Å².